The molecular weight excluding hydrogens is 368 g/mol. The van der Waals surface area contributed by atoms with E-state index in [2.05, 4.69) is 10.4 Å². The van der Waals surface area contributed by atoms with Gasteiger partial charge in [-0.15, -0.1) is 0 Å². The summed E-state index contributed by atoms with van der Waals surface area (Å²) in [5.74, 6) is -0.789. The van der Waals surface area contributed by atoms with Gasteiger partial charge in [0.2, 0.25) is 0 Å². The molecule has 28 heavy (non-hydrogen) atoms. The summed E-state index contributed by atoms with van der Waals surface area (Å²) in [5.41, 5.74) is 1.68. The number of nitro groups is 1. The van der Waals surface area contributed by atoms with Crippen LogP contribution in [0, 0.1) is 30.9 Å². The van der Waals surface area contributed by atoms with Gasteiger partial charge in [0.1, 0.15) is 23.7 Å². The predicted octanol–water partition coefficient (Wildman–Crippen LogP) is 2.30. The summed E-state index contributed by atoms with van der Waals surface area (Å²) in [7, 11) is 1.48. The van der Waals surface area contributed by atoms with Crippen molar-refractivity contribution >= 4 is 23.3 Å². The molecule has 1 aromatic carbocycles. The second-order valence-corrected chi connectivity index (χ2v) is 6.26. The largest absolute Gasteiger partial charge is 0.495 e. The highest BCUT2D eigenvalue weighted by molar-refractivity contribution is 5.96. The Kier molecular flexibility index (Phi) is 6.34. The number of amides is 1. The molecule has 0 spiro atoms. The van der Waals surface area contributed by atoms with Gasteiger partial charge in [-0.1, -0.05) is 6.07 Å². The topological polar surface area (TPSA) is 126 Å². The van der Waals surface area contributed by atoms with Gasteiger partial charge in [0.05, 0.1) is 17.7 Å². The van der Waals surface area contributed by atoms with E-state index in [1.165, 1.54) is 32.6 Å². The Morgan fingerprint density at radius 1 is 1.32 bits per heavy atom. The molecule has 0 saturated heterocycles. The van der Waals surface area contributed by atoms with E-state index in [1.807, 2.05) is 13.0 Å². The minimum atomic E-state index is -1.08. The maximum absolute atomic E-state index is 12.3. The lowest BCUT2D eigenvalue weighted by Gasteiger charge is -2.15. The molecule has 1 unspecified atom stereocenters. The molecule has 1 atom stereocenters. The van der Waals surface area contributed by atoms with Crippen LogP contribution in [0.15, 0.2) is 18.2 Å². The van der Waals surface area contributed by atoms with Gasteiger partial charge in [0.25, 0.3) is 5.91 Å². The highest BCUT2D eigenvalue weighted by atomic mass is 16.6. The first kappa shape index (κ1) is 20.9. The van der Waals surface area contributed by atoms with Crippen molar-refractivity contribution < 1.29 is 24.0 Å². The number of nitrogens with zero attached hydrogens (tertiary/aromatic N) is 3. The number of carbonyl (C=O) groups excluding carboxylic acids is 2. The zero-order chi connectivity index (χ0) is 21.0. The van der Waals surface area contributed by atoms with Crippen molar-refractivity contribution in [1.82, 2.24) is 9.78 Å². The fourth-order valence-corrected chi connectivity index (χ4v) is 2.67. The lowest BCUT2D eigenvalue weighted by atomic mass is 10.2. The maximum Gasteiger partial charge on any atom is 0.328 e. The fraction of sp³-hybridized carbons (Fsp3) is 0.389. The lowest BCUT2D eigenvalue weighted by Crippen LogP contribution is -2.31. The second-order valence-electron chi connectivity index (χ2n) is 6.26. The zero-order valence-corrected chi connectivity index (χ0v) is 16.3. The summed E-state index contributed by atoms with van der Waals surface area (Å²) in [6.45, 7) is 5.93. The number of ether oxygens (including phenoxy) is 2. The van der Waals surface area contributed by atoms with Crippen LogP contribution in [0.1, 0.15) is 23.9 Å². The summed E-state index contributed by atoms with van der Waals surface area (Å²) in [6.07, 6.45) is -1.08. The summed E-state index contributed by atoms with van der Waals surface area (Å²) in [5, 5.41) is 17.7. The monoisotopic (exact) mass is 390 g/mol. The molecular formula is C18H22N4O6. The first-order chi connectivity index (χ1) is 13.1. The molecule has 0 aliphatic carbocycles. The number of esters is 1. The average molecular weight is 390 g/mol. The van der Waals surface area contributed by atoms with Gasteiger partial charge < -0.3 is 14.8 Å². The van der Waals surface area contributed by atoms with Gasteiger partial charge in [-0.2, -0.15) is 5.10 Å². The molecule has 0 radical (unpaired) electrons. The molecule has 0 aliphatic heterocycles. The van der Waals surface area contributed by atoms with Crippen LogP contribution in [-0.2, 0) is 20.9 Å². The van der Waals surface area contributed by atoms with Crippen molar-refractivity contribution in [2.45, 2.75) is 40.3 Å². The first-order valence-corrected chi connectivity index (χ1v) is 8.47. The molecule has 1 aromatic heterocycles. The quantitative estimate of drug-likeness (QED) is 0.437. The van der Waals surface area contributed by atoms with Crippen LogP contribution in [0.2, 0.25) is 0 Å². The van der Waals surface area contributed by atoms with Crippen molar-refractivity contribution in [1.29, 1.82) is 0 Å². The van der Waals surface area contributed by atoms with Crippen LogP contribution in [0.4, 0.5) is 11.4 Å². The normalized spacial score (nSPS) is 11.6. The third kappa shape index (κ3) is 4.64. The predicted molar refractivity (Wildman–Crippen MR) is 100 cm³/mol. The Hall–Kier alpha value is -3.43. The molecule has 150 valence electrons. The molecule has 1 heterocycles. The number of carbonyl (C=O) groups is 2. The Bertz CT molecular complexity index is 921. The van der Waals surface area contributed by atoms with Gasteiger partial charge >= 0.3 is 11.7 Å². The van der Waals surface area contributed by atoms with E-state index in [9.17, 15) is 19.7 Å². The van der Waals surface area contributed by atoms with Crippen LogP contribution in [0.3, 0.4) is 0 Å². The Morgan fingerprint density at radius 2 is 2.00 bits per heavy atom. The van der Waals surface area contributed by atoms with E-state index in [-0.39, 0.29) is 23.6 Å². The Balaban J connectivity index is 2.03. The molecule has 0 aliphatic rings. The second kappa shape index (κ2) is 8.51. The smallest absolute Gasteiger partial charge is 0.328 e. The highest BCUT2D eigenvalue weighted by Crippen LogP contribution is 2.25. The number of nitrogens with one attached hydrogen (secondary N) is 1. The van der Waals surface area contributed by atoms with Gasteiger partial charge in [0.15, 0.2) is 6.10 Å². The molecule has 2 aromatic rings. The van der Waals surface area contributed by atoms with Crippen molar-refractivity contribution in [2.24, 2.45) is 0 Å². The third-order valence-electron chi connectivity index (χ3n) is 4.10. The summed E-state index contributed by atoms with van der Waals surface area (Å²) >= 11 is 0. The first-order valence-electron chi connectivity index (χ1n) is 8.47. The van der Waals surface area contributed by atoms with E-state index in [1.54, 1.807) is 12.1 Å². The number of hydrogen-bond acceptors (Lipinski definition) is 7. The van der Waals surface area contributed by atoms with E-state index in [0.717, 1.165) is 5.56 Å². The molecule has 2 rings (SSSR count). The van der Waals surface area contributed by atoms with E-state index in [4.69, 9.17) is 9.47 Å². The highest BCUT2D eigenvalue weighted by Gasteiger charge is 2.25. The van der Waals surface area contributed by atoms with Gasteiger partial charge in [0, 0.05) is 0 Å². The van der Waals surface area contributed by atoms with E-state index >= 15 is 0 Å². The minimum absolute atomic E-state index is 0.148. The Labute approximate surface area is 161 Å². The zero-order valence-electron chi connectivity index (χ0n) is 16.3. The number of aromatic nitrogens is 2. The van der Waals surface area contributed by atoms with Crippen LogP contribution < -0.4 is 10.1 Å². The third-order valence-corrected chi connectivity index (χ3v) is 4.10. The van der Waals surface area contributed by atoms with Crippen LogP contribution >= 0.6 is 0 Å². The van der Waals surface area contributed by atoms with Gasteiger partial charge in [-0.25, -0.2) is 0 Å². The SMILES string of the molecule is COc1ccc(C)cc1NC(=O)C(C)OC(=O)Cn1nc(C)c([N+](=O)[O-])c1C. The van der Waals surface area contributed by atoms with Crippen LogP contribution in [0.25, 0.3) is 0 Å². The molecule has 10 nitrogen and oxygen atoms in total. The number of aryl methyl sites for hydroxylation is 2. The number of hydrogen-bond donors (Lipinski definition) is 1. The molecule has 1 N–H and O–H groups in total. The van der Waals surface area contributed by atoms with Crippen molar-refractivity contribution in [2.75, 3.05) is 12.4 Å². The van der Waals surface area contributed by atoms with Crippen molar-refractivity contribution in [3.63, 3.8) is 0 Å². The number of benzene rings is 1. The molecule has 1 amide bonds. The molecule has 0 bridgehead atoms. The summed E-state index contributed by atoms with van der Waals surface area (Å²) in [4.78, 5) is 35.0. The van der Waals surface area contributed by atoms with E-state index in [0.29, 0.717) is 11.4 Å². The molecule has 10 heteroatoms. The molecule has 0 fully saturated rings. The number of anilines is 1. The van der Waals surface area contributed by atoms with Crippen molar-refractivity contribution in [3.05, 3.63) is 45.3 Å². The van der Waals surface area contributed by atoms with Gasteiger partial charge in [-0.3, -0.25) is 24.4 Å². The van der Waals surface area contributed by atoms with Crippen LogP contribution in [0.5, 0.6) is 5.75 Å². The number of methoxy groups -OCH3 is 1. The van der Waals surface area contributed by atoms with Gasteiger partial charge in [-0.05, 0) is 45.4 Å². The van der Waals surface area contributed by atoms with Crippen LogP contribution in [-0.4, -0.2) is 39.8 Å². The standard InChI is InChI=1S/C18H22N4O6/c1-10-6-7-15(27-5)14(8-10)19-18(24)13(4)28-16(23)9-21-12(3)17(22(25)26)11(2)20-21/h6-8,13H,9H2,1-5H3,(H,19,24). The molecule has 0 saturated carbocycles. The maximum atomic E-state index is 12.3. The van der Waals surface area contributed by atoms with Crippen molar-refractivity contribution in [3.8, 4) is 5.75 Å². The summed E-state index contributed by atoms with van der Waals surface area (Å²) in [6, 6.07) is 5.29. The lowest BCUT2D eigenvalue weighted by molar-refractivity contribution is -0.386. The number of rotatable bonds is 7. The fourth-order valence-electron chi connectivity index (χ4n) is 2.67. The average Bonchev–Trinajstić information content (AvgIpc) is 2.88. The summed E-state index contributed by atoms with van der Waals surface area (Å²) < 4.78 is 11.5. The minimum Gasteiger partial charge on any atom is -0.495 e. The Morgan fingerprint density at radius 3 is 2.57 bits per heavy atom. The van der Waals surface area contributed by atoms with E-state index < -0.39 is 22.9 Å².